The molecule has 1 aromatic heterocycles. The Kier molecular flexibility index (Phi) is 4.76. The first-order valence-electron chi connectivity index (χ1n) is 7.37. The number of rotatable bonds is 5. The van der Waals surface area contributed by atoms with Gasteiger partial charge in [0, 0.05) is 17.1 Å². The maximum atomic E-state index is 13.7. The van der Waals surface area contributed by atoms with Crippen LogP contribution in [0.5, 0.6) is 5.75 Å². The number of halogens is 2. The molecule has 1 heterocycles. The lowest BCUT2D eigenvalue weighted by molar-refractivity contribution is 0.0777. The number of hydrogen-bond acceptors (Lipinski definition) is 3. The minimum Gasteiger partial charge on any atom is -0.489 e. The molecule has 1 amide bonds. The maximum absolute atomic E-state index is 13.7. The molecular formula is C18H15F2NO2S. The third kappa shape index (κ3) is 3.38. The van der Waals surface area contributed by atoms with Crippen molar-refractivity contribution in [2.45, 2.75) is 0 Å². The number of carbonyl (C=O) groups excluding carboxylic acids is 1. The summed E-state index contributed by atoms with van der Waals surface area (Å²) in [4.78, 5) is 14.4. The van der Waals surface area contributed by atoms with Crippen LogP contribution in [0.15, 0.2) is 48.5 Å². The fraction of sp³-hybridized carbons (Fsp3) is 0.167. The highest BCUT2D eigenvalue weighted by molar-refractivity contribution is 7.20. The zero-order chi connectivity index (χ0) is 17.1. The first-order chi connectivity index (χ1) is 11.6. The molecule has 2 aromatic carbocycles. The van der Waals surface area contributed by atoms with Gasteiger partial charge in [0.05, 0.1) is 11.4 Å². The van der Waals surface area contributed by atoms with Crippen molar-refractivity contribution in [1.29, 1.82) is 0 Å². The Bertz CT molecular complexity index is 878. The van der Waals surface area contributed by atoms with Gasteiger partial charge in [-0.05, 0) is 30.3 Å². The summed E-state index contributed by atoms with van der Waals surface area (Å²) >= 11 is 1.25. The standard InChI is InChI=1S/C18H15F2NO2S/c1-21(9-10-23-15-7-3-2-5-14(15)20)18(22)17-11-12-13(19)6-4-8-16(12)24-17/h2-8,11H,9-10H2,1H3. The van der Waals surface area contributed by atoms with Crippen molar-refractivity contribution < 1.29 is 18.3 Å². The summed E-state index contributed by atoms with van der Waals surface area (Å²) in [7, 11) is 1.63. The van der Waals surface area contributed by atoms with Crippen molar-refractivity contribution in [3.63, 3.8) is 0 Å². The van der Waals surface area contributed by atoms with Gasteiger partial charge in [-0.25, -0.2) is 8.78 Å². The molecule has 124 valence electrons. The van der Waals surface area contributed by atoms with Crippen LogP contribution >= 0.6 is 11.3 Å². The van der Waals surface area contributed by atoms with Gasteiger partial charge in [-0.3, -0.25) is 4.79 Å². The predicted octanol–water partition coefficient (Wildman–Crippen LogP) is 4.33. The van der Waals surface area contributed by atoms with E-state index >= 15 is 0 Å². The van der Waals surface area contributed by atoms with E-state index in [0.29, 0.717) is 16.8 Å². The summed E-state index contributed by atoms with van der Waals surface area (Å²) in [6.45, 7) is 0.465. The lowest BCUT2D eigenvalue weighted by Gasteiger charge is -2.16. The number of nitrogens with zero attached hydrogens (tertiary/aromatic N) is 1. The molecule has 3 nitrogen and oxygen atoms in total. The van der Waals surface area contributed by atoms with E-state index in [2.05, 4.69) is 0 Å². The Morgan fingerprint density at radius 3 is 2.62 bits per heavy atom. The van der Waals surface area contributed by atoms with Gasteiger partial charge >= 0.3 is 0 Å². The van der Waals surface area contributed by atoms with Crippen LogP contribution in [0.25, 0.3) is 10.1 Å². The summed E-state index contributed by atoms with van der Waals surface area (Å²) < 4.78 is 33.2. The number of fused-ring (bicyclic) bond motifs is 1. The average Bonchev–Trinajstić information content (AvgIpc) is 3.01. The van der Waals surface area contributed by atoms with Gasteiger partial charge < -0.3 is 9.64 Å². The molecule has 0 unspecified atom stereocenters. The summed E-state index contributed by atoms with van der Waals surface area (Å²) in [5.41, 5.74) is 0. The molecule has 0 atom stereocenters. The molecule has 0 aliphatic carbocycles. The van der Waals surface area contributed by atoms with Gasteiger partial charge in [0.15, 0.2) is 11.6 Å². The van der Waals surface area contributed by atoms with E-state index in [-0.39, 0.29) is 24.1 Å². The zero-order valence-electron chi connectivity index (χ0n) is 13.0. The molecular weight excluding hydrogens is 332 g/mol. The van der Waals surface area contributed by atoms with Crippen LogP contribution in [0.1, 0.15) is 9.67 Å². The molecule has 0 radical (unpaired) electrons. The number of amides is 1. The van der Waals surface area contributed by atoms with Gasteiger partial charge in [-0.15, -0.1) is 11.3 Å². The Morgan fingerprint density at radius 2 is 1.88 bits per heavy atom. The van der Waals surface area contributed by atoms with Crippen LogP contribution < -0.4 is 4.74 Å². The van der Waals surface area contributed by atoms with Gasteiger partial charge in [0.25, 0.3) is 5.91 Å². The molecule has 0 saturated heterocycles. The second-order valence-corrected chi connectivity index (χ2v) is 6.35. The van der Waals surface area contributed by atoms with Crippen molar-refractivity contribution in [2.24, 2.45) is 0 Å². The number of ether oxygens (including phenoxy) is 1. The van der Waals surface area contributed by atoms with Crippen LogP contribution in [-0.4, -0.2) is 31.0 Å². The molecule has 0 N–H and O–H groups in total. The quantitative estimate of drug-likeness (QED) is 0.687. The van der Waals surface area contributed by atoms with Crippen molar-refractivity contribution in [1.82, 2.24) is 4.90 Å². The first kappa shape index (κ1) is 16.4. The molecule has 0 saturated carbocycles. The Hall–Kier alpha value is -2.47. The summed E-state index contributed by atoms with van der Waals surface area (Å²) in [5, 5.41) is 0.446. The Labute approximate surface area is 142 Å². The highest BCUT2D eigenvalue weighted by Crippen LogP contribution is 2.28. The molecule has 0 fully saturated rings. The Balaban J connectivity index is 1.63. The molecule has 0 bridgehead atoms. The fourth-order valence-electron chi connectivity index (χ4n) is 2.27. The van der Waals surface area contributed by atoms with Gasteiger partial charge in [0.1, 0.15) is 12.4 Å². The van der Waals surface area contributed by atoms with Gasteiger partial charge in [0.2, 0.25) is 0 Å². The third-order valence-electron chi connectivity index (χ3n) is 3.59. The summed E-state index contributed by atoms with van der Waals surface area (Å²) in [5.74, 6) is -0.838. The fourth-order valence-corrected chi connectivity index (χ4v) is 3.34. The molecule has 3 aromatic rings. The Morgan fingerprint density at radius 1 is 1.12 bits per heavy atom. The van der Waals surface area contributed by atoms with Crippen LogP contribution in [0, 0.1) is 11.6 Å². The number of likely N-dealkylation sites (N-methyl/N-ethyl adjacent to an activating group) is 1. The number of para-hydroxylation sites is 1. The minimum absolute atomic E-state index is 0.155. The highest BCUT2D eigenvalue weighted by atomic mass is 32.1. The number of carbonyl (C=O) groups is 1. The maximum Gasteiger partial charge on any atom is 0.263 e. The number of hydrogen-bond donors (Lipinski definition) is 0. The van der Waals surface area contributed by atoms with Crippen LogP contribution in [-0.2, 0) is 0 Å². The molecule has 0 aliphatic heterocycles. The van der Waals surface area contributed by atoms with Crippen molar-refractivity contribution in [2.75, 3.05) is 20.2 Å². The van der Waals surface area contributed by atoms with Crippen molar-refractivity contribution in [3.05, 3.63) is 65.0 Å². The van der Waals surface area contributed by atoms with Gasteiger partial charge in [-0.2, -0.15) is 0 Å². The summed E-state index contributed by atoms with van der Waals surface area (Å²) in [6.07, 6.45) is 0. The molecule has 3 rings (SSSR count). The monoisotopic (exact) mass is 347 g/mol. The third-order valence-corrected chi connectivity index (χ3v) is 4.67. The summed E-state index contributed by atoms with van der Waals surface area (Å²) in [6, 6.07) is 12.4. The van der Waals surface area contributed by atoms with E-state index in [0.717, 1.165) is 4.70 Å². The predicted molar refractivity (Wildman–Crippen MR) is 90.6 cm³/mol. The van der Waals surface area contributed by atoms with Crippen molar-refractivity contribution >= 4 is 27.3 Å². The van der Waals surface area contributed by atoms with E-state index in [1.807, 2.05) is 0 Å². The van der Waals surface area contributed by atoms with E-state index in [1.165, 1.54) is 34.4 Å². The average molecular weight is 347 g/mol. The number of benzene rings is 2. The van der Waals surface area contributed by atoms with E-state index in [4.69, 9.17) is 4.74 Å². The largest absolute Gasteiger partial charge is 0.489 e. The van der Waals surface area contributed by atoms with E-state index in [9.17, 15) is 13.6 Å². The van der Waals surface area contributed by atoms with Crippen molar-refractivity contribution in [3.8, 4) is 5.75 Å². The molecule has 0 aliphatic rings. The lowest BCUT2D eigenvalue weighted by atomic mass is 10.2. The lowest BCUT2D eigenvalue weighted by Crippen LogP contribution is -2.30. The normalized spacial score (nSPS) is 10.8. The molecule has 6 heteroatoms. The van der Waals surface area contributed by atoms with Crippen LogP contribution in [0.4, 0.5) is 8.78 Å². The topological polar surface area (TPSA) is 29.5 Å². The van der Waals surface area contributed by atoms with E-state index in [1.54, 1.807) is 37.4 Å². The minimum atomic E-state index is -0.438. The second-order valence-electron chi connectivity index (χ2n) is 5.27. The van der Waals surface area contributed by atoms with Crippen LogP contribution in [0.2, 0.25) is 0 Å². The van der Waals surface area contributed by atoms with Gasteiger partial charge in [-0.1, -0.05) is 18.2 Å². The zero-order valence-corrected chi connectivity index (χ0v) is 13.8. The number of thiophene rings is 1. The van der Waals surface area contributed by atoms with Crippen LogP contribution in [0.3, 0.4) is 0 Å². The smallest absolute Gasteiger partial charge is 0.263 e. The highest BCUT2D eigenvalue weighted by Gasteiger charge is 2.16. The first-order valence-corrected chi connectivity index (χ1v) is 8.19. The second kappa shape index (κ2) is 6.97. The van der Waals surface area contributed by atoms with E-state index < -0.39 is 5.82 Å². The molecule has 0 spiro atoms. The SMILES string of the molecule is CN(CCOc1ccccc1F)C(=O)c1cc2c(F)cccc2s1. The molecule has 24 heavy (non-hydrogen) atoms.